The smallest absolute Gasteiger partial charge is 0.324 e. The topological polar surface area (TPSA) is 113 Å². The van der Waals surface area contributed by atoms with Crippen molar-refractivity contribution >= 4 is 45.7 Å². The molecule has 36 heavy (non-hydrogen) atoms. The molecule has 184 valence electrons. The molecule has 0 bridgehead atoms. The first-order chi connectivity index (χ1) is 17.2. The predicted octanol–water partition coefficient (Wildman–Crippen LogP) is 3.05. The van der Waals surface area contributed by atoms with E-state index < -0.39 is 35.4 Å². The molecule has 2 aromatic carbocycles. The first-order valence-corrected chi connectivity index (χ1v) is 11.4. The summed E-state index contributed by atoms with van der Waals surface area (Å²) in [5, 5.41) is 7.99. The minimum atomic E-state index is -1.38. The number of aromatic nitrogens is 7. The maximum atomic E-state index is 14.5. The van der Waals surface area contributed by atoms with Crippen LogP contribution in [0.25, 0.3) is 10.9 Å². The maximum Gasteiger partial charge on any atom is 0.355 e. The normalized spacial score (nSPS) is 11.4. The van der Waals surface area contributed by atoms with E-state index in [0.29, 0.717) is 23.0 Å². The standard InChI is InChI=1S/C21H14ClF3N8O2S/c1-31-6-11-3-17(12(22)4-16(11)29-31)27-19-28-20(34)33(8-18-26-9-36-30-18)21(35)32(19)7-10-2-14(24)15(25)5-13(10)23/h2-6,9H,7-8H2,1H3,(H,27,28,34). The van der Waals surface area contributed by atoms with Crippen molar-refractivity contribution in [1.29, 1.82) is 0 Å². The highest BCUT2D eigenvalue weighted by atomic mass is 35.5. The van der Waals surface area contributed by atoms with Crippen LogP contribution in [0.2, 0.25) is 5.02 Å². The van der Waals surface area contributed by atoms with Crippen molar-refractivity contribution in [3.05, 3.63) is 90.8 Å². The second-order valence-electron chi connectivity index (χ2n) is 7.70. The monoisotopic (exact) mass is 534 g/mol. The van der Waals surface area contributed by atoms with E-state index >= 15 is 0 Å². The van der Waals surface area contributed by atoms with Gasteiger partial charge in [0.15, 0.2) is 17.5 Å². The van der Waals surface area contributed by atoms with E-state index in [1.54, 1.807) is 30.1 Å². The second-order valence-corrected chi connectivity index (χ2v) is 8.71. The van der Waals surface area contributed by atoms with Gasteiger partial charge in [0, 0.05) is 30.3 Å². The van der Waals surface area contributed by atoms with Gasteiger partial charge >= 0.3 is 11.4 Å². The minimum Gasteiger partial charge on any atom is -0.324 e. The van der Waals surface area contributed by atoms with E-state index in [-0.39, 0.29) is 34.6 Å². The Balaban J connectivity index is 1.65. The molecule has 5 aromatic rings. The SMILES string of the molecule is Cn1cc2cc(Nc3nc(=O)n(Cc4ncsn4)c(=O)n3Cc3cc(F)c(F)cc3F)c(Cl)cc2n1. The van der Waals surface area contributed by atoms with Crippen LogP contribution in [-0.4, -0.2) is 33.3 Å². The molecule has 3 heterocycles. The summed E-state index contributed by atoms with van der Waals surface area (Å²) < 4.78 is 49.0. The first kappa shape index (κ1) is 23.7. The van der Waals surface area contributed by atoms with Crippen LogP contribution in [0, 0.1) is 17.5 Å². The van der Waals surface area contributed by atoms with Crippen LogP contribution in [0.4, 0.5) is 24.8 Å². The van der Waals surface area contributed by atoms with Gasteiger partial charge in [-0.2, -0.15) is 14.5 Å². The van der Waals surface area contributed by atoms with E-state index in [9.17, 15) is 22.8 Å². The summed E-state index contributed by atoms with van der Waals surface area (Å²) in [4.78, 5) is 34.0. The van der Waals surface area contributed by atoms with Crippen molar-refractivity contribution < 1.29 is 13.2 Å². The quantitative estimate of drug-likeness (QED) is 0.333. The number of halogens is 4. The molecule has 0 atom stereocenters. The van der Waals surface area contributed by atoms with Crippen molar-refractivity contribution in [1.82, 2.24) is 33.3 Å². The molecule has 5 rings (SSSR count). The Kier molecular flexibility index (Phi) is 6.05. The molecular weight excluding hydrogens is 521 g/mol. The third-order valence-corrected chi connectivity index (χ3v) is 6.06. The second kappa shape index (κ2) is 9.20. The lowest BCUT2D eigenvalue weighted by Gasteiger charge is -2.16. The lowest BCUT2D eigenvalue weighted by Crippen LogP contribution is -2.43. The zero-order valence-corrected chi connectivity index (χ0v) is 19.8. The van der Waals surface area contributed by atoms with Gasteiger partial charge in [-0.05, 0) is 29.7 Å². The fourth-order valence-corrected chi connectivity index (χ4v) is 4.19. The summed E-state index contributed by atoms with van der Waals surface area (Å²) in [7, 11) is 1.73. The van der Waals surface area contributed by atoms with Gasteiger partial charge in [0.1, 0.15) is 11.3 Å². The van der Waals surface area contributed by atoms with Gasteiger partial charge in [-0.25, -0.2) is 32.3 Å². The summed E-state index contributed by atoms with van der Waals surface area (Å²) in [5.74, 6) is -3.86. The van der Waals surface area contributed by atoms with Gasteiger partial charge in [0.05, 0.1) is 29.3 Å². The fourth-order valence-electron chi connectivity index (χ4n) is 3.55. The molecule has 0 radical (unpaired) electrons. The van der Waals surface area contributed by atoms with E-state index in [4.69, 9.17) is 11.6 Å². The Morgan fingerprint density at radius 2 is 1.81 bits per heavy atom. The number of nitrogens with zero attached hydrogens (tertiary/aromatic N) is 7. The molecule has 0 aliphatic carbocycles. The highest BCUT2D eigenvalue weighted by Crippen LogP contribution is 2.29. The maximum absolute atomic E-state index is 14.5. The Hall–Kier alpha value is -4.04. The average Bonchev–Trinajstić information content (AvgIpc) is 3.46. The van der Waals surface area contributed by atoms with Gasteiger partial charge in [-0.1, -0.05) is 11.6 Å². The third kappa shape index (κ3) is 4.47. The Labute approximate surface area is 208 Å². The average molecular weight is 535 g/mol. The zero-order chi connectivity index (χ0) is 25.6. The van der Waals surface area contributed by atoms with E-state index in [0.717, 1.165) is 20.7 Å². The molecule has 0 aliphatic rings. The largest absolute Gasteiger partial charge is 0.355 e. The summed E-state index contributed by atoms with van der Waals surface area (Å²) in [5.41, 5.74) is 0.130. The molecular formula is C21H14ClF3N8O2S. The Bertz CT molecular complexity index is 1730. The van der Waals surface area contributed by atoms with E-state index in [1.165, 1.54) is 5.51 Å². The lowest BCUT2D eigenvalue weighted by molar-refractivity contribution is 0.485. The fraction of sp³-hybridized carbons (Fsp3) is 0.143. The molecule has 0 fully saturated rings. The molecule has 0 amide bonds. The van der Waals surface area contributed by atoms with Gasteiger partial charge in [0.25, 0.3) is 0 Å². The zero-order valence-electron chi connectivity index (χ0n) is 18.2. The van der Waals surface area contributed by atoms with Gasteiger partial charge in [-0.3, -0.25) is 9.25 Å². The van der Waals surface area contributed by atoms with Crippen molar-refractivity contribution in [2.24, 2.45) is 7.05 Å². The molecule has 0 saturated carbocycles. The van der Waals surface area contributed by atoms with E-state index in [2.05, 4.69) is 24.8 Å². The van der Waals surface area contributed by atoms with Crippen LogP contribution in [0.1, 0.15) is 11.4 Å². The number of rotatable bonds is 6. The molecule has 15 heteroatoms. The number of benzene rings is 2. The number of anilines is 2. The van der Waals surface area contributed by atoms with Crippen molar-refractivity contribution in [3.63, 3.8) is 0 Å². The molecule has 0 aliphatic heterocycles. The molecule has 0 spiro atoms. The Morgan fingerprint density at radius 1 is 1.03 bits per heavy atom. The van der Waals surface area contributed by atoms with Crippen LogP contribution in [0.3, 0.4) is 0 Å². The number of aryl methyl sites for hydroxylation is 1. The van der Waals surface area contributed by atoms with Gasteiger partial charge < -0.3 is 5.32 Å². The molecule has 3 aromatic heterocycles. The molecule has 10 nitrogen and oxygen atoms in total. The highest BCUT2D eigenvalue weighted by molar-refractivity contribution is 7.03. The number of nitrogens with one attached hydrogen (secondary N) is 1. The molecule has 1 N–H and O–H groups in total. The van der Waals surface area contributed by atoms with Crippen LogP contribution in [0.15, 0.2) is 45.6 Å². The summed E-state index contributed by atoms with van der Waals surface area (Å²) in [6, 6.07) is 4.21. The highest BCUT2D eigenvalue weighted by Gasteiger charge is 2.19. The number of hydrogen-bond donors (Lipinski definition) is 1. The third-order valence-electron chi connectivity index (χ3n) is 5.23. The van der Waals surface area contributed by atoms with Gasteiger partial charge in [-0.15, -0.1) is 0 Å². The predicted molar refractivity (Wildman–Crippen MR) is 126 cm³/mol. The number of hydrogen-bond acceptors (Lipinski definition) is 8. The molecule has 0 unspecified atom stereocenters. The van der Waals surface area contributed by atoms with Crippen LogP contribution in [0.5, 0.6) is 0 Å². The molecule has 0 saturated heterocycles. The van der Waals surface area contributed by atoms with Crippen LogP contribution in [-0.2, 0) is 20.1 Å². The number of fused-ring (bicyclic) bond motifs is 1. The van der Waals surface area contributed by atoms with Crippen LogP contribution >= 0.6 is 23.1 Å². The van der Waals surface area contributed by atoms with Crippen molar-refractivity contribution in [2.75, 3.05) is 5.32 Å². The van der Waals surface area contributed by atoms with Crippen molar-refractivity contribution in [2.45, 2.75) is 13.1 Å². The Morgan fingerprint density at radius 3 is 2.56 bits per heavy atom. The van der Waals surface area contributed by atoms with Crippen LogP contribution < -0.4 is 16.7 Å². The lowest BCUT2D eigenvalue weighted by atomic mass is 10.2. The minimum absolute atomic E-state index is 0.192. The summed E-state index contributed by atoms with van der Waals surface area (Å²) in [6.45, 7) is -0.869. The summed E-state index contributed by atoms with van der Waals surface area (Å²) >= 11 is 7.39. The summed E-state index contributed by atoms with van der Waals surface area (Å²) in [6.07, 6.45) is 1.73. The van der Waals surface area contributed by atoms with Gasteiger partial charge in [0.2, 0.25) is 5.95 Å². The van der Waals surface area contributed by atoms with E-state index in [1.807, 2.05) is 0 Å². The van der Waals surface area contributed by atoms with Crippen molar-refractivity contribution in [3.8, 4) is 0 Å². The first-order valence-electron chi connectivity index (χ1n) is 10.2.